The van der Waals surface area contributed by atoms with Crippen LogP contribution in [-0.2, 0) is 4.43 Å². The molecule has 0 saturated heterocycles. The number of hydrogen-bond acceptors (Lipinski definition) is 1. The van der Waals surface area contributed by atoms with Crippen molar-refractivity contribution in [3.63, 3.8) is 0 Å². The molecule has 0 aromatic carbocycles. The first-order chi connectivity index (χ1) is 4.84. The van der Waals surface area contributed by atoms with Crippen molar-refractivity contribution in [2.75, 3.05) is 0 Å². The van der Waals surface area contributed by atoms with Crippen molar-refractivity contribution in [1.82, 2.24) is 0 Å². The van der Waals surface area contributed by atoms with Gasteiger partial charge in [-0.25, -0.2) is 0 Å². The van der Waals surface area contributed by atoms with Crippen LogP contribution in [0.4, 0.5) is 0 Å². The third-order valence-electron chi connectivity index (χ3n) is 2.69. The molecule has 1 saturated carbocycles. The minimum absolute atomic E-state index is 0.548. The summed E-state index contributed by atoms with van der Waals surface area (Å²) >= 11 is 0. The standard InChI is InChI=1S/C8H18OSi/c1-7(9-10)8-5-3-2-4-6-8/h7-8H,2-6H2,1,10H3. The lowest BCUT2D eigenvalue weighted by molar-refractivity contribution is 0.135. The van der Waals surface area contributed by atoms with Gasteiger partial charge < -0.3 is 4.43 Å². The van der Waals surface area contributed by atoms with Crippen molar-refractivity contribution < 1.29 is 4.43 Å². The SMILES string of the molecule is CC(O[SiH3])C1CCCCC1. The van der Waals surface area contributed by atoms with Gasteiger partial charge in [0.2, 0.25) is 0 Å². The highest BCUT2D eigenvalue weighted by Gasteiger charge is 2.18. The Hall–Kier alpha value is 0.177. The molecule has 0 spiro atoms. The lowest BCUT2D eigenvalue weighted by Gasteiger charge is -2.26. The highest BCUT2D eigenvalue weighted by molar-refractivity contribution is 5.98. The van der Waals surface area contributed by atoms with Crippen LogP contribution in [-0.4, -0.2) is 16.6 Å². The first-order valence-corrected chi connectivity index (χ1v) is 5.19. The molecule has 1 fully saturated rings. The monoisotopic (exact) mass is 158 g/mol. The summed E-state index contributed by atoms with van der Waals surface area (Å²) in [6.45, 7) is 2.23. The van der Waals surface area contributed by atoms with Crippen molar-refractivity contribution in [1.29, 1.82) is 0 Å². The summed E-state index contributed by atoms with van der Waals surface area (Å²) in [7, 11) is 0.906. The van der Waals surface area contributed by atoms with Gasteiger partial charge in [0, 0.05) is 6.10 Å². The van der Waals surface area contributed by atoms with E-state index in [2.05, 4.69) is 6.92 Å². The highest BCUT2D eigenvalue weighted by Crippen LogP contribution is 2.27. The Balaban J connectivity index is 2.24. The van der Waals surface area contributed by atoms with Crippen molar-refractivity contribution in [2.24, 2.45) is 5.92 Å². The minimum Gasteiger partial charge on any atom is -0.425 e. The third-order valence-corrected chi connectivity index (χ3v) is 3.43. The fraction of sp³-hybridized carbons (Fsp3) is 1.00. The van der Waals surface area contributed by atoms with Gasteiger partial charge in [-0.1, -0.05) is 19.3 Å². The zero-order valence-electron chi connectivity index (χ0n) is 7.10. The van der Waals surface area contributed by atoms with Crippen LogP contribution in [0.5, 0.6) is 0 Å². The summed E-state index contributed by atoms with van der Waals surface area (Å²) in [4.78, 5) is 0. The normalized spacial score (nSPS) is 24.9. The molecule has 1 aliphatic carbocycles. The first-order valence-electron chi connectivity index (χ1n) is 4.37. The smallest absolute Gasteiger partial charge is 0.146 e. The maximum absolute atomic E-state index is 5.43. The maximum atomic E-state index is 5.43. The van der Waals surface area contributed by atoms with E-state index in [0.717, 1.165) is 16.4 Å². The van der Waals surface area contributed by atoms with Gasteiger partial charge in [-0.15, -0.1) is 0 Å². The highest BCUT2D eigenvalue weighted by atomic mass is 28.2. The summed E-state index contributed by atoms with van der Waals surface area (Å²) in [5.74, 6) is 0.881. The van der Waals surface area contributed by atoms with E-state index >= 15 is 0 Å². The van der Waals surface area contributed by atoms with Gasteiger partial charge in [-0.3, -0.25) is 0 Å². The molecule has 10 heavy (non-hydrogen) atoms. The summed E-state index contributed by atoms with van der Waals surface area (Å²) in [6.07, 6.45) is 7.67. The molecule has 1 nitrogen and oxygen atoms in total. The minimum atomic E-state index is 0.548. The van der Waals surface area contributed by atoms with Crippen molar-refractivity contribution >= 4 is 10.5 Å². The molecule has 60 valence electrons. The molecule has 0 heterocycles. The second kappa shape index (κ2) is 4.14. The van der Waals surface area contributed by atoms with Crippen LogP contribution in [0.1, 0.15) is 39.0 Å². The summed E-state index contributed by atoms with van der Waals surface area (Å²) in [5, 5.41) is 0. The summed E-state index contributed by atoms with van der Waals surface area (Å²) in [5.41, 5.74) is 0. The molecular formula is C8H18OSi. The molecule has 0 aliphatic heterocycles. The van der Waals surface area contributed by atoms with Crippen LogP contribution >= 0.6 is 0 Å². The van der Waals surface area contributed by atoms with Gasteiger partial charge in [0.25, 0.3) is 0 Å². The van der Waals surface area contributed by atoms with E-state index in [1.807, 2.05) is 0 Å². The van der Waals surface area contributed by atoms with Gasteiger partial charge >= 0.3 is 0 Å². The Morgan fingerprint density at radius 1 is 1.30 bits per heavy atom. The van der Waals surface area contributed by atoms with Gasteiger partial charge in [0.15, 0.2) is 0 Å². The molecule has 2 heteroatoms. The van der Waals surface area contributed by atoms with Gasteiger partial charge in [-0.2, -0.15) is 0 Å². The van der Waals surface area contributed by atoms with Crippen LogP contribution in [0.25, 0.3) is 0 Å². The molecular weight excluding hydrogens is 140 g/mol. The van der Waals surface area contributed by atoms with Crippen molar-refractivity contribution in [3.8, 4) is 0 Å². The first kappa shape index (κ1) is 8.28. The van der Waals surface area contributed by atoms with E-state index in [4.69, 9.17) is 4.43 Å². The molecule has 1 unspecified atom stereocenters. The molecule has 0 aromatic heterocycles. The van der Waals surface area contributed by atoms with E-state index in [1.54, 1.807) is 0 Å². The second-order valence-corrected chi connectivity index (χ2v) is 3.81. The van der Waals surface area contributed by atoms with Crippen LogP contribution in [0.3, 0.4) is 0 Å². The Morgan fingerprint density at radius 3 is 2.40 bits per heavy atom. The molecule has 0 aromatic rings. The zero-order valence-corrected chi connectivity index (χ0v) is 9.10. The number of hydrogen-bond donors (Lipinski definition) is 0. The van der Waals surface area contributed by atoms with E-state index in [9.17, 15) is 0 Å². The average Bonchev–Trinajstić information content (AvgIpc) is 2.05. The Morgan fingerprint density at radius 2 is 1.90 bits per heavy atom. The van der Waals surface area contributed by atoms with E-state index in [0.29, 0.717) is 6.10 Å². The average molecular weight is 158 g/mol. The van der Waals surface area contributed by atoms with Crippen molar-refractivity contribution in [2.45, 2.75) is 45.1 Å². The van der Waals surface area contributed by atoms with Crippen LogP contribution in [0.2, 0.25) is 0 Å². The lowest BCUT2D eigenvalue weighted by atomic mass is 9.86. The zero-order chi connectivity index (χ0) is 7.40. The van der Waals surface area contributed by atoms with E-state index in [-0.39, 0.29) is 0 Å². The fourth-order valence-electron chi connectivity index (χ4n) is 1.80. The van der Waals surface area contributed by atoms with E-state index in [1.165, 1.54) is 32.1 Å². The predicted molar refractivity (Wildman–Crippen MR) is 47.1 cm³/mol. The Bertz CT molecular complexity index is 89.3. The lowest BCUT2D eigenvalue weighted by Crippen LogP contribution is -2.21. The topological polar surface area (TPSA) is 9.23 Å². The summed E-state index contributed by atoms with van der Waals surface area (Å²) in [6, 6.07) is 0. The van der Waals surface area contributed by atoms with Gasteiger partial charge in [0.05, 0.1) is 0 Å². The Labute approximate surface area is 66.7 Å². The molecule has 0 radical (unpaired) electrons. The van der Waals surface area contributed by atoms with Gasteiger partial charge in [0.1, 0.15) is 10.5 Å². The Kier molecular flexibility index (Phi) is 3.42. The molecule has 0 amide bonds. The quantitative estimate of drug-likeness (QED) is 0.550. The maximum Gasteiger partial charge on any atom is 0.146 e. The molecule has 1 atom stereocenters. The van der Waals surface area contributed by atoms with Crippen LogP contribution in [0.15, 0.2) is 0 Å². The number of rotatable bonds is 2. The molecule has 0 bridgehead atoms. The van der Waals surface area contributed by atoms with Crippen LogP contribution < -0.4 is 0 Å². The largest absolute Gasteiger partial charge is 0.425 e. The third kappa shape index (κ3) is 2.10. The van der Waals surface area contributed by atoms with E-state index < -0.39 is 0 Å². The van der Waals surface area contributed by atoms with Crippen molar-refractivity contribution in [3.05, 3.63) is 0 Å². The second-order valence-electron chi connectivity index (χ2n) is 3.34. The fourth-order valence-corrected chi connectivity index (χ4v) is 2.18. The summed E-state index contributed by atoms with van der Waals surface area (Å²) < 4.78 is 5.43. The molecule has 0 N–H and O–H groups in total. The van der Waals surface area contributed by atoms with Crippen LogP contribution in [0, 0.1) is 5.92 Å². The molecule has 1 rings (SSSR count). The molecule has 1 aliphatic rings. The predicted octanol–water partition coefficient (Wildman–Crippen LogP) is 1.25. The van der Waals surface area contributed by atoms with Gasteiger partial charge in [-0.05, 0) is 25.7 Å².